The Hall–Kier alpha value is -0.530. The summed E-state index contributed by atoms with van der Waals surface area (Å²) in [6.45, 7) is 9.54. The van der Waals surface area contributed by atoms with E-state index in [-0.39, 0.29) is 0 Å². The third-order valence-corrected chi connectivity index (χ3v) is 2.92. The van der Waals surface area contributed by atoms with Gasteiger partial charge in [0.15, 0.2) is 0 Å². The van der Waals surface area contributed by atoms with E-state index in [9.17, 15) is 4.79 Å². The van der Waals surface area contributed by atoms with Crippen molar-refractivity contribution in [2.45, 2.75) is 72.3 Å². The first-order valence-corrected chi connectivity index (χ1v) is 6.50. The molecule has 15 heavy (non-hydrogen) atoms. The number of hydrogen-bond acceptors (Lipinski definition) is 1. The van der Waals surface area contributed by atoms with Crippen molar-refractivity contribution in [2.75, 3.05) is 6.54 Å². The molecule has 0 N–H and O–H groups in total. The molecular formula is C13H27NO. The van der Waals surface area contributed by atoms with Crippen molar-refractivity contribution in [3.8, 4) is 0 Å². The smallest absolute Gasteiger partial charge is 0.222 e. The minimum Gasteiger partial charge on any atom is -0.340 e. The van der Waals surface area contributed by atoms with Crippen molar-refractivity contribution in [2.24, 2.45) is 0 Å². The van der Waals surface area contributed by atoms with Gasteiger partial charge in [0.25, 0.3) is 0 Å². The van der Waals surface area contributed by atoms with Crippen LogP contribution in [0.3, 0.4) is 0 Å². The molecule has 0 heterocycles. The number of carbonyl (C=O) groups excluding carboxylic acids is 1. The number of hydrogen-bond donors (Lipinski definition) is 0. The highest BCUT2D eigenvalue weighted by atomic mass is 16.2. The normalized spacial score (nSPS) is 10.7. The summed E-state index contributed by atoms with van der Waals surface area (Å²) in [5.74, 6) is 0.347. The lowest BCUT2D eigenvalue weighted by Crippen LogP contribution is -2.40. The van der Waals surface area contributed by atoms with Crippen LogP contribution in [-0.4, -0.2) is 23.4 Å². The van der Waals surface area contributed by atoms with Crippen molar-refractivity contribution in [3.63, 3.8) is 0 Å². The molecular weight excluding hydrogens is 186 g/mol. The van der Waals surface area contributed by atoms with Gasteiger partial charge in [-0.15, -0.1) is 0 Å². The van der Waals surface area contributed by atoms with E-state index in [4.69, 9.17) is 0 Å². The third-order valence-electron chi connectivity index (χ3n) is 2.92. The lowest BCUT2D eigenvalue weighted by molar-refractivity contribution is -0.133. The molecule has 0 fully saturated rings. The number of nitrogens with zero attached hydrogens (tertiary/aromatic N) is 1. The molecule has 0 aliphatic heterocycles. The summed E-state index contributed by atoms with van der Waals surface area (Å²) >= 11 is 0. The van der Waals surface area contributed by atoms with Crippen molar-refractivity contribution in [1.29, 1.82) is 0 Å². The molecule has 0 rings (SSSR count). The summed E-state index contributed by atoms with van der Waals surface area (Å²) < 4.78 is 0. The molecule has 90 valence electrons. The summed E-state index contributed by atoms with van der Waals surface area (Å²) in [5, 5.41) is 0. The van der Waals surface area contributed by atoms with Gasteiger partial charge >= 0.3 is 0 Å². The molecule has 0 saturated heterocycles. The number of carbonyl (C=O) groups is 1. The largest absolute Gasteiger partial charge is 0.340 e. The maximum Gasteiger partial charge on any atom is 0.222 e. The quantitative estimate of drug-likeness (QED) is 0.603. The maximum atomic E-state index is 11.9. The lowest BCUT2D eigenvalue weighted by Gasteiger charge is -2.30. The van der Waals surface area contributed by atoms with Gasteiger partial charge in [-0.05, 0) is 25.7 Å². The fourth-order valence-corrected chi connectivity index (χ4v) is 1.93. The molecule has 2 heteroatoms. The topological polar surface area (TPSA) is 20.3 Å². The van der Waals surface area contributed by atoms with Gasteiger partial charge in [0, 0.05) is 19.0 Å². The minimum atomic E-state index is 0.347. The van der Waals surface area contributed by atoms with Crippen LogP contribution in [-0.2, 0) is 4.79 Å². The van der Waals surface area contributed by atoms with Crippen molar-refractivity contribution >= 4 is 5.91 Å². The number of unbranched alkanes of at least 4 members (excludes halogenated alkanes) is 1. The average Bonchev–Trinajstić information content (AvgIpc) is 2.24. The van der Waals surface area contributed by atoms with Gasteiger partial charge in [0.05, 0.1) is 0 Å². The molecule has 2 nitrogen and oxygen atoms in total. The van der Waals surface area contributed by atoms with Gasteiger partial charge < -0.3 is 4.90 Å². The fraction of sp³-hybridized carbons (Fsp3) is 0.923. The predicted octanol–water partition coefficient (Wildman–Crippen LogP) is 3.60. The second-order valence-electron chi connectivity index (χ2n) is 4.16. The second-order valence-corrected chi connectivity index (χ2v) is 4.16. The molecule has 0 saturated carbocycles. The van der Waals surface area contributed by atoms with E-state index in [1.165, 1.54) is 0 Å². The first kappa shape index (κ1) is 14.5. The van der Waals surface area contributed by atoms with E-state index < -0.39 is 0 Å². The Bertz CT molecular complexity index is 164. The summed E-state index contributed by atoms with van der Waals surface area (Å²) in [4.78, 5) is 14.0. The highest BCUT2D eigenvalue weighted by Gasteiger charge is 2.19. The molecule has 0 aromatic heterocycles. The molecule has 0 aromatic rings. The summed E-state index contributed by atoms with van der Waals surface area (Å²) in [6.07, 6.45) is 6.12. The van der Waals surface area contributed by atoms with Gasteiger partial charge in [-0.3, -0.25) is 4.79 Å². The first-order chi connectivity index (χ1) is 7.21. The van der Waals surface area contributed by atoms with Gasteiger partial charge in [0.1, 0.15) is 0 Å². The zero-order valence-electron chi connectivity index (χ0n) is 10.9. The van der Waals surface area contributed by atoms with E-state index in [2.05, 4.69) is 32.6 Å². The monoisotopic (exact) mass is 213 g/mol. The Labute approximate surface area is 95.0 Å². The van der Waals surface area contributed by atoms with Crippen LogP contribution in [0, 0.1) is 0 Å². The van der Waals surface area contributed by atoms with Crippen LogP contribution in [0.2, 0.25) is 0 Å². The van der Waals surface area contributed by atoms with Gasteiger partial charge in [-0.2, -0.15) is 0 Å². The molecule has 1 amide bonds. The molecule has 0 spiro atoms. The van der Waals surface area contributed by atoms with E-state index in [0.29, 0.717) is 18.4 Å². The van der Waals surface area contributed by atoms with Crippen LogP contribution in [0.15, 0.2) is 0 Å². The van der Waals surface area contributed by atoms with Crippen LogP contribution in [0.1, 0.15) is 66.2 Å². The Morgan fingerprint density at radius 2 is 1.67 bits per heavy atom. The van der Waals surface area contributed by atoms with Crippen molar-refractivity contribution < 1.29 is 4.79 Å². The minimum absolute atomic E-state index is 0.347. The molecule has 0 bridgehead atoms. The van der Waals surface area contributed by atoms with Gasteiger partial charge in [-0.25, -0.2) is 0 Å². The van der Waals surface area contributed by atoms with Crippen molar-refractivity contribution in [3.05, 3.63) is 0 Å². The average molecular weight is 213 g/mol. The van der Waals surface area contributed by atoms with E-state index >= 15 is 0 Å². The standard InChI is InChI=1S/C13H27NO/c1-5-9-11-14(12(7-3)8-4)13(15)10-6-2/h12H,5-11H2,1-4H3. The van der Waals surface area contributed by atoms with E-state index in [1.807, 2.05) is 0 Å². The second kappa shape index (κ2) is 8.75. The SMILES string of the molecule is CCCCN(C(=O)CCC)C(CC)CC. The molecule has 0 radical (unpaired) electrons. The van der Waals surface area contributed by atoms with Crippen LogP contribution in [0.5, 0.6) is 0 Å². The Morgan fingerprint density at radius 3 is 2.07 bits per heavy atom. The van der Waals surface area contributed by atoms with Gasteiger partial charge in [0.2, 0.25) is 5.91 Å². The summed E-state index contributed by atoms with van der Waals surface area (Å²) in [7, 11) is 0. The lowest BCUT2D eigenvalue weighted by atomic mass is 10.1. The highest BCUT2D eigenvalue weighted by molar-refractivity contribution is 5.76. The summed E-state index contributed by atoms with van der Waals surface area (Å²) in [6, 6.07) is 0.454. The Kier molecular flexibility index (Phi) is 8.44. The van der Waals surface area contributed by atoms with Crippen LogP contribution >= 0.6 is 0 Å². The molecule has 0 aliphatic carbocycles. The summed E-state index contributed by atoms with van der Waals surface area (Å²) in [5.41, 5.74) is 0. The van der Waals surface area contributed by atoms with Crippen LogP contribution < -0.4 is 0 Å². The highest BCUT2D eigenvalue weighted by Crippen LogP contribution is 2.12. The fourth-order valence-electron chi connectivity index (χ4n) is 1.93. The van der Waals surface area contributed by atoms with Crippen molar-refractivity contribution in [1.82, 2.24) is 4.90 Å². The zero-order valence-corrected chi connectivity index (χ0v) is 10.9. The predicted molar refractivity (Wildman–Crippen MR) is 65.9 cm³/mol. The van der Waals surface area contributed by atoms with Gasteiger partial charge in [-0.1, -0.05) is 34.1 Å². The van der Waals surface area contributed by atoms with Crippen LogP contribution in [0.25, 0.3) is 0 Å². The first-order valence-electron chi connectivity index (χ1n) is 6.50. The molecule has 0 aromatic carbocycles. The molecule has 0 unspecified atom stereocenters. The van der Waals surface area contributed by atoms with E-state index in [0.717, 1.165) is 38.6 Å². The number of amides is 1. The van der Waals surface area contributed by atoms with Crippen LogP contribution in [0.4, 0.5) is 0 Å². The van der Waals surface area contributed by atoms with E-state index in [1.54, 1.807) is 0 Å². The Balaban J connectivity index is 4.33. The molecule has 0 aliphatic rings. The Morgan fingerprint density at radius 1 is 1.07 bits per heavy atom. The zero-order chi connectivity index (χ0) is 11.7. The maximum absolute atomic E-state index is 11.9. The molecule has 0 atom stereocenters. The third kappa shape index (κ3) is 5.19. The number of rotatable bonds is 8.